The van der Waals surface area contributed by atoms with Crippen molar-refractivity contribution in [3.05, 3.63) is 54.1 Å². The maximum atomic E-state index is 12.5. The molecule has 22 heavy (non-hydrogen) atoms. The van der Waals surface area contributed by atoms with E-state index < -0.39 is 10.0 Å². The largest absolute Gasteiger partial charge is 0.493 e. The summed E-state index contributed by atoms with van der Waals surface area (Å²) in [5.74, 6) is 0.857. The minimum atomic E-state index is -3.65. The highest BCUT2D eigenvalue weighted by Gasteiger charge is 2.20. The van der Waals surface area contributed by atoms with Crippen LogP contribution in [0.3, 0.4) is 0 Å². The van der Waals surface area contributed by atoms with Gasteiger partial charge in [-0.2, -0.15) is 0 Å². The predicted molar refractivity (Wildman–Crippen MR) is 84.7 cm³/mol. The molecule has 0 heterocycles. The number of ether oxygens (including phenoxy) is 2. The van der Waals surface area contributed by atoms with E-state index in [1.54, 1.807) is 13.0 Å². The third kappa shape index (κ3) is 3.58. The fourth-order valence-corrected chi connectivity index (χ4v) is 3.34. The molecule has 0 spiro atoms. The highest BCUT2D eigenvalue weighted by atomic mass is 32.2. The summed E-state index contributed by atoms with van der Waals surface area (Å²) in [6.07, 6.45) is 0. The first-order valence-electron chi connectivity index (χ1n) is 6.77. The Morgan fingerprint density at radius 2 is 1.59 bits per heavy atom. The van der Waals surface area contributed by atoms with Gasteiger partial charge in [0.1, 0.15) is 0 Å². The van der Waals surface area contributed by atoms with E-state index in [1.807, 2.05) is 30.3 Å². The van der Waals surface area contributed by atoms with Crippen LogP contribution in [0.4, 0.5) is 0 Å². The maximum absolute atomic E-state index is 12.5. The molecule has 6 heteroatoms. The van der Waals surface area contributed by atoms with Crippen molar-refractivity contribution in [3.63, 3.8) is 0 Å². The van der Waals surface area contributed by atoms with Crippen molar-refractivity contribution in [2.45, 2.75) is 17.9 Å². The molecule has 0 unspecified atom stereocenters. The Morgan fingerprint density at radius 1 is 0.955 bits per heavy atom. The summed E-state index contributed by atoms with van der Waals surface area (Å²) in [6.45, 7) is 1.80. The quantitative estimate of drug-likeness (QED) is 0.888. The van der Waals surface area contributed by atoms with Crippen molar-refractivity contribution in [1.29, 1.82) is 0 Å². The SMILES string of the molecule is COc1ccc(S(=O)(=O)N[C@@H](C)c2ccccc2)cc1OC. The Bertz CT molecular complexity index is 729. The first-order valence-corrected chi connectivity index (χ1v) is 8.25. The molecule has 1 atom stereocenters. The molecule has 0 aromatic heterocycles. The smallest absolute Gasteiger partial charge is 0.241 e. The van der Waals surface area contributed by atoms with Gasteiger partial charge in [0.2, 0.25) is 10.0 Å². The van der Waals surface area contributed by atoms with Gasteiger partial charge >= 0.3 is 0 Å². The molecule has 118 valence electrons. The van der Waals surface area contributed by atoms with Gasteiger partial charge in [0, 0.05) is 12.1 Å². The molecule has 0 saturated carbocycles. The van der Waals surface area contributed by atoms with Crippen LogP contribution in [-0.4, -0.2) is 22.6 Å². The van der Waals surface area contributed by atoms with Crippen LogP contribution in [0, 0.1) is 0 Å². The Kier molecular flexibility index (Phi) is 5.05. The average molecular weight is 321 g/mol. The number of rotatable bonds is 6. The van der Waals surface area contributed by atoms with Gasteiger partial charge in [-0.25, -0.2) is 13.1 Å². The van der Waals surface area contributed by atoms with E-state index in [-0.39, 0.29) is 10.9 Å². The van der Waals surface area contributed by atoms with E-state index in [4.69, 9.17) is 9.47 Å². The zero-order chi connectivity index (χ0) is 16.2. The molecule has 0 aliphatic carbocycles. The normalized spacial score (nSPS) is 12.7. The molecule has 0 aliphatic rings. The second-order valence-electron chi connectivity index (χ2n) is 4.77. The van der Waals surface area contributed by atoms with Crippen molar-refractivity contribution in [3.8, 4) is 11.5 Å². The van der Waals surface area contributed by atoms with Crippen LogP contribution < -0.4 is 14.2 Å². The Labute approximate surface area is 130 Å². The van der Waals surface area contributed by atoms with E-state index in [0.717, 1.165) is 5.56 Å². The lowest BCUT2D eigenvalue weighted by atomic mass is 10.1. The second kappa shape index (κ2) is 6.81. The molecular weight excluding hydrogens is 302 g/mol. The number of hydrogen-bond donors (Lipinski definition) is 1. The topological polar surface area (TPSA) is 64.6 Å². The van der Waals surface area contributed by atoms with Crippen molar-refractivity contribution in [2.75, 3.05) is 14.2 Å². The zero-order valence-corrected chi connectivity index (χ0v) is 13.6. The Morgan fingerprint density at radius 3 is 2.18 bits per heavy atom. The molecule has 0 amide bonds. The predicted octanol–water partition coefficient (Wildman–Crippen LogP) is 2.74. The lowest BCUT2D eigenvalue weighted by Gasteiger charge is -2.15. The maximum Gasteiger partial charge on any atom is 0.241 e. The van der Waals surface area contributed by atoms with Gasteiger partial charge in [-0.1, -0.05) is 30.3 Å². The molecule has 0 radical (unpaired) electrons. The molecule has 5 nitrogen and oxygen atoms in total. The van der Waals surface area contributed by atoms with Crippen molar-refractivity contribution >= 4 is 10.0 Å². The molecule has 2 rings (SSSR count). The minimum absolute atomic E-state index is 0.132. The molecule has 1 N–H and O–H groups in total. The van der Waals surface area contributed by atoms with Gasteiger partial charge in [-0.15, -0.1) is 0 Å². The third-order valence-corrected chi connectivity index (χ3v) is 4.84. The van der Waals surface area contributed by atoms with Crippen LogP contribution in [0.25, 0.3) is 0 Å². The monoisotopic (exact) mass is 321 g/mol. The van der Waals surface area contributed by atoms with E-state index in [2.05, 4.69) is 4.72 Å². The van der Waals surface area contributed by atoms with E-state index >= 15 is 0 Å². The first-order chi connectivity index (χ1) is 10.5. The molecule has 2 aromatic rings. The van der Waals surface area contributed by atoms with E-state index in [0.29, 0.717) is 11.5 Å². The summed E-state index contributed by atoms with van der Waals surface area (Å²) in [5.41, 5.74) is 0.895. The molecular formula is C16H19NO4S. The van der Waals surface area contributed by atoms with Crippen LogP contribution in [0.1, 0.15) is 18.5 Å². The Hall–Kier alpha value is -2.05. The van der Waals surface area contributed by atoms with Crippen LogP contribution in [0.2, 0.25) is 0 Å². The number of hydrogen-bond acceptors (Lipinski definition) is 4. The van der Waals surface area contributed by atoms with Crippen LogP contribution in [0.5, 0.6) is 11.5 Å². The van der Waals surface area contributed by atoms with Gasteiger partial charge in [0.25, 0.3) is 0 Å². The van der Waals surface area contributed by atoms with Crippen molar-refractivity contribution in [1.82, 2.24) is 4.72 Å². The van der Waals surface area contributed by atoms with Gasteiger partial charge in [-0.3, -0.25) is 0 Å². The molecule has 0 fully saturated rings. The van der Waals surface area contributed by atoms with Gasteiger partial charge < -0.3 is 9.47 Å². The molecule has 0 aliphatic heterocycles. The average Bonchev–Trinajstić information content (AvgIpc) is 2.54. The van der Waals surface area contributed by atoms with Crippen molar-refractivity contribution < 1.29 is 17.9 Å². The second-order valence-corrected chi connectivity index (χ2v) is 6.48. The summed E-state index contributed by atoms with van der Waals surface area (Å²) >= 11 is 0. The number of sulfonamides is 1. The van der Waals surface area contributed by atoms with E-state index in [9.17, 15) is 8.42 Å². The van der Waals surface area contributed by atoms with Gasteiger partial charge in [0.15, 0.2) is 11.5 Å². The van der Waals surface area contributed by atoms with Crippen LogP contribution >= 0.6 is 0 Å². The summed E-state index contributed by atoms with van der Waals surface area (Å²) in [4.78, 5) is 0.132. The lowest BCUT2D eigenvalue weighted by Crippen LogP contribution is -2.26. The van der Waals surface area contributed by atoms with Crippen LogP contribution in [0.15, 0.2) is 53.4 Å². The standard InChI is InChI=1S/C16H19NO4S/c1-12(13-7-5-4-6-8-13)17-22(18,19)14-9-10-15(20-2)16(11-14)21-3/h4-12,17H,1-3H3/t12-/m0/s1. The van der Waals surface area contributed by atoms with Gasteiger partial charge in [0.05, 0.1) is 19.1 Å². The highest BCUT2D eigenvalue weighted by Crippen LogP contribution is 2.29. The van der Waals surface area contributed by atoms with Gasteiger partial charge in [-0.05, 0) is 24.6 Å². The summed E-state index contributed by atoms with van der Waals surface area (Å²) < 4.78 is 37.9. The highest BCUT2D eigenvalue weighted by molar-refractivity contribution is 7.89. The van der Waals surface area contributed by atoms with E-state index in [1.165, 1.54) is 26.4 Å². The summed E-state index contributed by atoms with van der Waals surface area (Å²) in [5, 5.41) is 0. The summed E-state index contributed by atoms with van der Waals surface area (Å²) in [7, 11) is -0.683. The summed E-state index contributed by atoms with van der Waals surface area (Å²) in [6, 6.07) is 13.6. The minimum Gasteiger partial charge on any atom is -0.493 e. The fraction of sp³-hybridized carbons (Fsp3) is 0.250. The molecule has 0 saturated heterocycles. The molecule has 0 bridgehead atoms. The van der Waals surface area contributed by atoms with Crippen molar-refractivity contribution in [2.24, 2.45) is 0 Å². The first kappa shape index (κ1) is 16.3. The Balaban J connectivity index is 2.27. The number of nitrogens with one attached hydrogen (secondary N) is 1. The zero-order valence-electron chi connectivity index (χ0n) is 12.7. The number of benzene rings is 2. The fourth-order valence-electron chi connectivity index (χ4n) is 2.09. The number of methoxy groups -OCH3 is 2. The van der Waals surface area contributed by atoms with Crippen LogP contribution in [-0.2, 0) is 10.0 Å². The molecule has 2 aromatic carbocycles. The lowest BCUT2D eigenvalue weighted by molar-refractivity contribution is 0.354. The third-order valence-electron chi connectivity index (χ3n) is 3.30.